The first-order chi connectivity index (χ1) is 19.4. The van der Waals surface area contributed by atoms with Gasteiger partial charge in [-0.25, -0.2) is 18.6 Å². The van der Waals surface area contributed by atoms with Crippen LogP contribution in [0.15, 0.2) is 49.2 Å². The molecule has 1 amide bonds. The second-order valence-electron chi connectivity index (χ2n) is 10.2. The van der Waals surface area contributed by atoms with E-state index in [2.05, 4.69) is 36.8 Å². The molecule has 0 radical (unpaired) electrons. The summed E-state index contributed by atoms with van der Waals surface area (Å²) in [4.78, 5) is 17.9. The number of hydrogen-bond acceptors (Lipinski definition) is 7. The van der Waals surface area contributed by atoms with Gasteiger partial charge in [0.1, 0.15) is 11.4 Å². The molecule has 1 saturated carbocycles. The zero-order valence-electron chi connectivity index (χ0n) is 22.6. The molecule has 0 aromatic carbocycles. The van der Waals surface area contributed by atoms with Crippen molar-refractivity contribution in [2.24, 2.45) is 0 Å². The molecule has 12 heteroatoms. The number of fused-ring (bicyclic) bond motifs is 3. The molecule has 40 heavy (non-hydrogen) atoms. The number of carbonyl (C=O) groups is 1. The van der Waals surface area contributed by atoms with Gasteiger partial charge in [-0.1, -0.05) is 6.07 Å². The molecule has 0 spiro atoms. The van der Waals surface area contributed by atoms with Crippen molar-refractivity contribution in [1.29, 1.82) is 0 Å². The zero-order valence-corrected chi connectivity index (χ0v) is 22.6. The van der Waals surface area contributed by atoms with Crippen LogP contribution >= 0.6 is 0 Å². The van der Waals surface area contributed by atoms with E-state index >= 15 is 0 Å². The Bertz CT molecular complexity index is 1650. The standard InChI is InChI=1S/C28H31FN8O3/c1-4-40-21-11-22(25-23-14-31-34-26(23)35-37(25)16-21)18-7-9-28(39-3,10-8-18)27(38)33-17(2)19-5-6-24(30-12-19)36-15-20(29)13-32-36/h5-6,11-18H,4,7-10H2,1-3H3,(H,33,38)(H,34,35)/t17-,18?,28?/m0/s1. The number of carbonyl (C=O) groups excluding carboxylic acids is 1. The minimum absolute atomic E-state index is 0.144. The SMILES string of the molecule is CCOc1cc(C2CCC(OC)(C(=O)N[C@@H](C)c3ccc(-n4cc(F)cn4)nc3)CC2)c2c3cn[nH]c3nn2c1. The third kappa shape index (κ3) is 4.57. The van der Waals surface area contributed by atoms with Crippen LogP contribution in [0.25, 0.3) is 22.4 Å². The first kappa shape index (κ1) is 25.9. The van der Waals surface area contributed by atoms with Crippen LogP contribution in [0, 0.1) is 5.82 Å². The molecule has 5 heterocycles. The minimum atomic E-state index is -0.927. The topological polar surface area (TPSA) is 124 Å². The maximum Gasteiger partial charge on any atom is 0.252 e. The summed E-state index contributed by atoms with van der Waals surface area (Å²) in [6.07, 6.45) is 10.4. The Kier molecular flexibility index (Phi) is 6.70. The number of hydrogen-bond donors (Lipinski definition) is 2. The summed E-state index contributed by atoms with van der Waals surface area (Å²) in [6, 6.07) is 5.39. The van der Waals surface area contributed by atoms with Crippen LogP contribution in [-0.4, -0.2) is 59.8 Å². The first-order valence-corrected chi connectivity index (χ1v) is 13.4. The van der Waals surface area contributed by atoms with Gasteiger partial charge in [-0.15, -0.1) is 5.10 Å². The van der Waals surface area contributed by atoms with E-state index < -0.39 is 11.4 Å². The average Bonchev–Trinajstić information content (AvgIpc) is 3.69. The summed E-state index contributed by atoms with van der Waals surface area (Å²) in [5.74, 6) is 0.878. The van der Waals surface area contributed by atoms with Gasteiger partial charge in [0.05, 0.1) is 48.3 Å². The summed E-state index contributed by atoms with van der Waals surface area (Å²) in [5.41, 5.74) is 2.77. The van der Waals surface area contributed by atoms with Crippen molar-refractivity contribution in [1.82, 2.24) is 39.9 Å². The van der Waals surface area contributed by atoms with Crippen LogP contribution in [0.3, 0.4) is 0 Å². The summed E-state index contributed by atoms with van der Waals surface area (Å²) < 4.78 is 28.3. The number of rotatable bonds is 8. The van der Waals surface area contributed by atoms with Gasteiger partial charge in [-0.3, -0.25) is 9.89 Å². The lowest BCUT2D eigenvalue weighted by atomic mass is 9.75. The van der Waals surface area contributed by atoms with Crippen LogP contribution in [0.4, 0.5) is 4.39 Å². The van der Waals surface area contributed by atoms with Gasteiger partial charge in [0, 0.05) is 13.3 Å². The Hall–Kier alpha value is -4.32. The molecule has 0 aliphatic heterocycles. The lowest BCUT2D eigenvalue weighted by Crippen LogP contribution is -2.50. The molecule has 5 aromatic rings. The molecular formula is C28H31FN8O3. The molecule has 1 fully saturated rings. The lowest BCUT2D eigenvalue weighted by Gasteiger charge is -2.38. The number of pyridine rings is 2. The highest BCUT2D eigenvalue weighted by Crippen LogP contribution is 2.43. The molecule has 6 rings (SSSR count). The van der Waals surface area contributed by atoms with E-state index in [1.165, 1.54) is 10.9 Å². The number of aromatic amines is 1. The number of aromatic nitrogens is 7. The highest BCUT2D eigenvalue weighted by molar-refractivity contribution is 5.94. The molecule has 11 nitrogen and oxygen atoms in total. The van der Waals surface area contributed by atoms with Crippen molar-refractivity contribution in [3.63, 3.8) is 0 Å². The fourth-order valence-electron chi connectivity index (χ4n) is 5.67. The number of methoxy groups -OCH3 is 1. The molecular weight excluding hydrogens is 515 g/mol. The van der Waals surface area contributed by atoms with Gasteiger partial charge >= 0.3 is 0 Å². The fraction of sp³-hybridized carbons (Fsp3) is 0.393. The van der Waals surface area contributed by atoms with E-state index in [4.69, 9.17) is 9.47 Å². The van der Waals surface area contributed by atoms with E-state index in [9.17, 15) is 9.18 Å². The lowest BCUT2D eigenvalue weighted by molar-refractivity contribution is -0.148. The molecule has 2 N–H and O–H groups in total. The number of nitrogens with zero attached hydrogens (tertiary/aromatic N) is 6. The Morgan fingerprint density at radius 2 is 2.08 bits per heavy atom. The van der Waals surface area contributed by atoms with E-state index in [1.807, 2.05) is 30.6 Å². The van der Waals surface area contributed by atoms with Gasteiger partial charge in [-0.05, 0) is 68.7 Å². The van der Waals surface area contributed by atoms with Crippen LogP contribution in [0.2, 0.25) is 0 Å². The largest absolute Gasteiger partial charge is 0.492 e. The third-order valence-corrected chi connectivity index (χ3v) is 7.88. The van der Waals surface area contributed by atoms with Crippen molar-refractivity contribution in [2.45, 2.75) is 57.1 Å². The summed E-state index contributed by atoms with van der Waals surface area (Å²) >= 11 is 0. The second-order valence-corrected chi connectivity index (χ2v) is 10.2. The molecule has 0 saturated heterocycles. The summed E-state index contributed by atoms with van der Waals surface area (Å²) in [7, 11) is 1.60. The summed E-state index contributed by atoms with van der Waals surface area (Å²) in [5, 5.41) is 19.8. The maximum absolute atomic E-state index is 13.6. The highest BCUT2D eigenvalue weighted by atomic mass is 19.1. The van der Waals surface area contributed by atoms with Gasteiger partial charge in [0.25, 0.3) is 5.91 Å². The van der Waals surface area contributed by atoms with Crippen molar-refractivity contribution in [3.05, 3.63) is 66.1 Å². The Balaban J connectivity index is 1.18. The molecule has 1 aliphatic rings. The van der Waals surface area contributed by atoms with Crippen LogP contribution in [0.5, 0.6) is 5.75 Å². The molecule has 208 valence electrons. The monoisotopic (exact) mass is 546 g/mol. The Morgan fingerprint density at radius 1 is 1.25 bits per heavy atom. The van der Waals surface area contributed by atoms with Crippen molar-refractivity contribution < 1.29 is 18.7 Å². The van der Waals surface area contributed by atoms with Crippen molar-refractivity contribution in [3.8, 4) is 11.6 Å². The number of ether oxygens (including phenoxy) is 2. The first-order valence-electron chi connectivity index (χ1n) is 13.4. The second kappa shape index (κ2) is 10.3. The predicted octanol–water partition coefficient (Wildman–Crippen LogP) is 4.25. The minimum Gasteiger partial charge on any atom is -0.492 e. The summed E-state index contributed by atoms with van der Waals surface area (Å²) in [6.45, 7) is 4.42. The number of H-pyrrole nitrogens is 1. The Labute approximate surface area is 229 Å². The van der Waals surface area contributed by atoms with Gasteiger partial charge in [0.2, 0.25) is 0 Å². The van der Waals surface area contributed by atoms with Gasteiger partial charge < -0.3 is 14.8 Å². The predicted molar refractivity (Wildman–Crippen MR) is 145 cm³/mol. The molecule has 0 unspecified atom stereocenters. The Morgan fingerprint density at radius 3 is 2.75 bits per heavy atom. The van der Waals surface area contributed by atoms with Crippen LogP contribution in [-0.2, 0) is 9.53 Å². The van der Waals surface area contributed by atoms with E-state index in [1.54, 1.807) is 25.6 Å². The van der Waals surface area contributed by atoms with Gasteiger partial charge in [-0.2, -0.15) is 10.2 Å². The van der Waals surface area contributed by atoms with Crippen molar-refractivity contribution >= 4 is 22.5 Å². The average molecular weight is 547 g/mol. The van der Waals surface area contributed by atoms with Crippen molar-refractivity contribution in [2.75, 3.05) is 13.7 Å². The van der Waals surface area contributed by atoms with E-state index in [-0.39, 0.29) is 17.9 Å². The fourth-order valence-corrected chi connectivity index (χ4v) is 5.67. The normalized spacial score (nSPS) is 20.1. The smallest absolute Gasteiger partial charge is 0.252 e. The van der Waals surface area contributed by atoms with Crippen LogP contribution in [0.1, 0.15) is 62.6 Å². The van der Waals surface area contributed by atoms with Gasteiger partial charge in [0.15, 0.2) is 17.3 Å². The zero-order chi connectivity index (χ0) is 27.9. The molecule has 0 bridgehead atoms. The quantitative estimate of drug-likeness (QED) is 0.298. The van der Waals surface area contributed by atoms with E-state index in [0.29, 0.717) is 25.3 Å². The molecule has 1 atom stereocenters. The van der Waals surface area contributed by atoms with E-state index in [0.717, 1.165) is 52.5 Å². The number of amides is 1. The molecule has 5 aromatic heterocycles. The third-order valence-electron chi connectivity index (χ3n) is 7.88. The molecule has 1 aliphatic carbocycles. The number of nitrogens with one attached hydrogen (secondary N) is 2. The number of halogens is 1. The van der Waals surface area contributed by atoms with Crippen LogP contribution < -0.4 is 10.1 Å². The maximum atomic E-state index is 13.6. The highest BCUT2D eigenvalue weighted by Gasteiger charge is 2.43.